The third kappa shape index (κ3) is 2.96. The van der Waals surface area contributed by atoms with E-state index in [9.17, 15) is 0 Å². The lowest BCUT2D eigenvalue weighted by atomic mass is 9.90. The highest BCUT2D eigenvalue weighted by Crippen LogP contribution is 2.37. The maximum Gasteiger partial charge on any atom is 0.116 e. The molecule has 0 unspecified atom stereocenters. The molecule has 0 atom stereocenters. The summed E-state index contributed by atoms with van der Waals surface area (Å²) in [6.07, 6.45) is 7.65. The first-order valence-electron chi connectivity index (χ1n) is 6.11. The molecule has 2 nitrogen and oxygen atoms in total. The lowest BCUT2D eigenvalue weighted by Crippen LogP contribution is -2.11. The van der Waals surface area contributed by atoms with Crippen LogP contribution in [0.25, 0.3) is 0 Å². The van der Waals surface area contributed by atoms with E-state index in [1.807, 2.05) is 7.05 Å². The Morgan fingerprint density at radius 3 is 2.81 bits per heavy atom. The highest BCUT2D eigenvalue weighted by atomic mass is 35.5. The van der Waals surface area contributed by atoms with Crippen molar-refractivity contribution in [3.63, 3.8) is 0 Å². The Labute approximate surface area is 106 Å². The van der Waals surface area contributed by atoms with Gasteiger partial charge in [-0.3, -0.25) is 0 Å². The molecule has 1 N–H and O–H groups in total. The van der Waals surface area contributed by atoms with Crippen LogP contribution in [-0.2, 0) is 6.42 Å². The molecular weight excluding hydrogens is 240 g/mol. The van der Waals surface area contributed by atoms with Crippen molar-refractivity contribution in [2.75, 3.05) is 13.6 Å². The van der Waals surface area contributed by atoms with Crippen LogP contribution in [0, 0.1) is 0 Å². The molecule has 16 heavy (non-hydrogen) atoms. The van der Waals surface area contributed by atoms with Crippen molar-refractivity contribution >= 4 is 22.9 Å². The SMILES string of the molecule is CNCCc1nc(C2CCCCC2)sc1Cl. The van der Waals surface area contributed by atoms with Gasteiger partial charge in [-0.15, -0.1) is 11.3 Å². The molecular formula is C12H19ClN2S. The zero-order chi connectivity index (χ0) is 11.4. The molecule has 90 valence electrons. The number of nitrogens with one attached hydrogen (secondary N) is 1. The second-order valence-corrected chi connectivity index (χ2v) is 6.09. The average molecular weight is 259 g/mol. The first-order valence-corrected chi connectivity index (χ1v) is 7.30. The third-order valence-electron chi connectivity index (χ3n) is 3.23. The van der Waals surface area contributed by atoms with Crippen molar-refractivity contribution in [3.05, 3.63) is 15.0 Å². The molecule has 1 aliphatic rings. The fourth-order valence-corrected chi connectivity index (χ4v) is 3.65. The largest absolute Gasteiger partial charge is 0.319 e. The monoisotopic (exact) mass is 258 g/mol. The summed E-state index contributed by atoms with van der Waals surface area (Å²) in [4.78, 5) is 4.72. The Hall–Kier alpha value is -0.120. The summed E-state index contributed by atoms with van der Waals surface area (Å²) in [5.74, 6) is 0.680. The van der Waals surface area contributed by atoms with E-state index in [0.717, 1.165) is 23.0 Å². The van der Waals surface area contributed by atoms with Crippen LogP contribution in [0.15, 0.2) is 0 Å². The molecule has 1 heterocycles. The summed E-state index contributed by atoms with van der Waals surface area (Å²) >= 11 is 7.93. The van der Waals surface area contributed by atoms with Crippen molar-refractivity contribution in [1.29, 1.82) is 0 Å². The molecule has 0 aliphatic heterocycles. The van der Waals surface area contributed by atoms with Gasteiger partial charge in [-0.05, 0) is 19.9 Å². The Balaban J connectivity index is 2.03. The molecule has 0 bridgehead atoms. The topological polar surface area (TPSA) is 24.9 Å². The van der Waals surface area contributed by atoms with Crippen molar-refractivity contribution in [3.8, 4) is 0 Å². The maximum atomic E-state index is 6.23. The standard InChI is InChI=1S/C12H19ClN2S/c1-14-8-7-10-11(13)16-12(15-10)9-5-3-2-4-6-9/h9,14H,2-8H2,1H3. The molecule has 2 rings (SSSR count). The van der Waals surface area contributed by atoms with Gasteiger partial charge in [0.15, 0.2) is 0 Å². The van der Waals surface area contributed by atoms with Crippen molar-refractivity contribution in [2.24, 2.45) is 0 Å². The smallest absolute Gasteiger partial charge is 0.116 e. The summed E-state index contributed by atoms with van der Waals surface area (Å²) in [6, 6.07) is 0. The highest BCUT2D eigenvalue weighted by Gasteiger charge is 2.20. The van der Waals surface area contributed by atoms with Gasteiger partial charge in [-0.25, -0.2) is 4.98 Å². The van der Waals surface area contributed by atoms with E-state index in [4.69, 9.17) is 16.6 Å². The second-order valence-electron chi connectivity index (χ2n) is 4.46. The summed E-state index contributed by atoms with van der Waals surface area (Å²) in [5.41, 5.74) is 1.08. The average Bonchev–Trinajstić information content (AvgIpc) is 2.69. The molecule has 1 fully saturated rings. The summed E-state index contributed by atoms with van der Waals surface area (Å²) in [7, 11) is 1.96. The van der Waals surface area contributed by atoms with Gasteiger partial charge < -0.3 is 5.32 Å². The fourth-order valence-electron chi connectivity index (χ4n) is 2.27. The summed E-state index contributed by atoms with van der Waals surface area (Å²) in [6.45, 7) is 0.952. The molecule has 1 aromatic heterocycles. The molecule has 0 amide bonds. The van der Waals surface area contributed by atoms with Crippen LogP contribution in [0.1, 0.15) is 48.7 Å². The highest BCUT2D eigenvalue weighted by molar-refractivity contribution is 7.16. The second kappa shape index (κ2) is 5.99. The number of nitrogens with zero attached hydrogens (tertiary/aromatic N) is 1. The van der Waals surface area contributed by atoms with Crippen LogP contribution in [0.2, 0.25) is 4.34 Å². The quantitative estimate of drug-likeness (QED) is 0.893. The predicted octanol–water partition coefficient (Wildman–Crippen LogP) is 3.61. The first-order chi connectivity index (χ1) is 7.81. The van der Waals surface area contributed by atoms with E-state index >= 15 is 0 Å². The minimum Gasteiger partial charge on any atom is -0.319 e. The molecule has 1 aromatic rings. The van der Waals surface area contributed by atoms with E-state index < -0.39 is 0 Å². The third-order valence-corrected chi connectivity index (χ3v) is 4.73. The van der Waals surface area contributed by atoms with E-state index in [2.05, 4.69) is 5.32 Å². The summed E-state index contributed by atoms with van der Waals surface area (Å²) < 4.78 is 0.899. The number of hydrogen-bond donors (Lipinski definition) is 1. The molecule has 4 heteroatoms. The number of likely N-dealkylation sites (N-methyl/N-ethyl adjacent to an activating group) is 1. The minimum atomic E-state index is 0.680. The van der Waals surface area contributed by atoms with E-state index in [1.54, 1.807) is 11.3 Å². The lowest BCUT2D eigenvalue weighted by molar-refractivity contribution is 0.442. The molecule has 0 radical (unpaired) electrons. The van der Waals surface area contributed by atoms with Crippen LogP contribution in [0.5, 0.6) is 0 Å². The lowest BCUT2D eigenvalue weighted by Gasteiger charge is -2.18. The molecule has 0 saturated heterocycles. The summed E-state index contributed by atoms with van der Waals surface area (Å²) in [5, 5.41) is 4.41. The molecule has 1 saturated carbocycles. The van der Waals surface area contributed by atoms with Crippen LogP contribution < -0.4 is 5.32 Å². The van der Waals surface area contributed by atoms with E-state index in [-0.39, 0.29) is 0 Å². The van der Waals surface area contributed by atoms with Gasteiger partial charge in [-0.1, -0.05) is 30.9 Å². The van der Waals surface area contributed by atoms with Crippen molar-refractivity contribution < 1.29 is 0 Å². The van der Waals surface area contributed by atoms with Crippen LogP contribution >= 0.6 is 22.9 Å². The van der Waals surface area contributed by atoms with E-state index in [1.165, 1.54) is 37.1 Å². The fraction of sp³-hybridized carbons (Fsp3) is 0.750. The predicted molar refractivity (Wildman–Crippen MR) is 70.6 cm³/mol. The molecule has 0 aromatic carbocycles. The van der Waals surface area contributed by atoms with Crippen LogP contribution in [-0.4, -0.2) is 18.6 Å². The normalized spacial score (nSPS) is 17.9. The number of halogens is 1. The van der Waals surface area contributed by atoms with Gasteiger partial charge in [-0.2, -0.15) is 0 Å². The Kier molecular flexibility index (Phi) is 4.62. The van der Waals surface area contributed by atoms with Gasteiger partial charge in [0, 0.05) is 18.9 Å². The first kappa shape index (κ1) is 12.3. The number of hydrogen-bond acceptors (Lipinski definition) is 3. The Bertz CT molecular complexity index is 332. The van der Waals surface area contributed by atoms with Crippen molar-refractivity contribution in [1.82, 2.24) is 10.3 Å². The van der Waals surface area contributed by atoms with E-state index in [0.29, 0.717) is 5.92 Å². The minimum absolute atomic E-state index is 0.680. The zero-order valence-corrected chi connectivity index (χ0v) is 11.3. The number of aromatic nitrogens is 1. The maximum absolute atomic E-state index is 6.23. The Morgan fingerprint density at radius 1 is 1.38 bits per heavy atom. The van der Waals surface area contributed by atoms with Crippen LogP contribution in [0.3, 0.4) is 0 Å². The van der Waals surface area contributed by atoms with Gasteiger partial charge in [0.2, 0.25) is 0 Å². The molecule has 1 aliphatic carbocycles. The van der Waals surface area contributed by atoms with Crippen LogP contribution in [0.4, 0.5) is 0 Å². The van der Waals surface area contributed by atoms with Gasteiger partial charge in [0.25, 0.3) is 0 Å². The van der Waals surface area contributed by atoms with Crippen molar-refractivity contribution in [2.45, 2.75) is 44.4 Å². The Morgan fingerprint density at radius 2 is 2.12 bits per heavy atom. The zero-order valence-electron chi connectivity index (χ0n) is 9.76. The number of rotatable bonds is 4. The molecule has 0 spiro atoms. The number of thiazole rings is 1. The van der Waals surface area contributed by atoms with Gasteiger partial charge in [0.1, 0.15) is 4.34 Å². The van der Waals surface area contributed by atoms with Gasteiger partial charge in [0.05, 0.1) is 10.7 Å². The van der Waals surface area contributed by atoms with Gasteiger partial charge >= 0.3 is 0 Å².